The predicted molar refractivity (Wildman–Crippen MR) is 83.1 cm³/mol. The number of carbonyl (C=O) groups excluding carboxylic acids is 3. The highest BCUT2D eigenvalue weighted by Crippen LogP contribution is 2.27. The SMILES string of the molecule is CCC(C)[C@@H](C(N)=O)N1Cc2cc(Cl)ccc2NC(=O)C1=O. The van der Waals surface area contributed by atoms with Gasteiger partial charge in [-0.05, 0) is 29.7 Å². The highest BCUT2D eigenvalue weighted by atomic mass is 35.5. The monoisotopic (exact) mass is 323 g/mol. The zero-order valence-electron chi connectivity index (χ0n) is 12.4. The maximum absolute atomic E-state index is 12.3. The minimum Gasteiger partial charge on any atom is -0.368 e. The molecule has 0 aliphatic carbocycles. The van der Waals surface area contributed by atoms with E-state index in [2.05, 4.69) is 5.32 Å². The second kappa shape index (κ2) is 6.36. The molecule has 1 unspecified atom stereocenters. The summed E-state index contributed by atoms with van der Waals surface area (Å²) in [6, 6.07) is 4.08. The number of nitrogens with one attached hydrogen (secondary N) is 1. The standard InChI is InChI=1S/C15H18ClN3O3/c1-3-8(2)12(13(17)20)19-7-9-6-10(16)4-5-11(9)18-14(21)15(19)22/h4-6,8,12H,3,7H2,1-2H3,(H2,17,20)(H,18,21)/t8?,12-/m0/s1. The number of carbonyl (C=O) groups is 3. The van der Waals surface area contributed by atoms with E-state index in [-0.39, 0.29) is 12.5 Å². The Hall–Kier alpha value is -2.08. The van der Waals surface area contributed by atoms with Gasteiger partial charge in [-0.3, -0.25) is 14.4 Å². The number of nitrogens with zero attached hydrogens (tertiary/aromatic N) is 1. The average Bonchev–Trinajstić information content (AvgIpc) is 2.57. The summed E-state index contributed by atoms with van der Waals surface area (Å²) in [6.45, 7) is 3.82. The molecule has 0 saturated heterocycles. The molecule has 2 rings (SSSR count). The van der Waals surface area contributed by atoms with Crippen molar-refractivity contribution in [1.82, 2.24) is 4.90 Å². The van der Waals surface area contributed by atoms with Crippen LogP contribution in [0.2, 0.25) is 5.02 Å². The fraction of sp³-hybridized carbons (Fsp3) is 0.400. The molecule has 0 radical (unpaired) electrons. The van der Waals surface area contributed by atoms with Crippen molar-refractivity contribution in [1.29, 1.82) is 0 Å². The van der Waals surface area contributed by atoms with Gasteiger partial charge in [0, 0.05) is 17.3 Å². The first-order valence-corrected chi connectivity index (χ1v) is 7.42. The van der Waals surface area contributed by atoms with Crippen molar-refractivity contribution < 1.29 is 14.4 Å². The maximum Gasteiger partial charge on any atom is 0.313 e. The first-order chi connectivity index (χ1) is 10.3. The Kier molecular flexibility index (Phi) is 4.71. The number of amides is 3. The van der Waals surface area contributed by atoms with Crippen LogP contribution in [0.5, 0.6) is 0 Å². The summed E-state index contributed by atoms with van der Waals surface area (Å²) in [5, 5.41) is 3.03. The number of benzene rings is 1. The number of halogens is 1. The zero-order chi connectivity index (χ0) is 16.4. The van der Waals surface area contributed by atoms with E-state index < -0.39 is 23.8 Å². The molecule has 1 aromatic carbocycles. The van der Waals surface area contributed by atoms with E-state index in [1.807, 2.05) is 13.8 Å². The van der Waals surface area contributed by atoms with Gasteiger partial charge in [0.05, 0.1) is 0 Å². The minimum atomic E-state index is -0.840. The van der Waals surface area contributed by atoms with E-state index in [1.54, 1.807) is 18.2 Å². The summed E-state index contributed by atoms with van der Waals surface area (Å²) >= 11 is 5.97. The Balaban J connectivity index is 2.47. The summed E-state index contributed by atoms with van der Waals surface area (Å²) in [5.41, 5.74) is 6.64. The van der Waals surface area contributed by atoms with E-state index in [4.69, 9.17) is 17.3 Å². The molecule has 2 atom stereocenters. The van der Waals surface area contributed by atoms with Gasteiger partial charge in [-0.25, -0.2) is 0 Å². The minimum absolute atomic E-state index is 0.103. The van der Waals surface area contributed by atoms with Crippen LogP contribution in [0.25, 0.3) is 0 Å². The van der Waals surface area contributed by atoms with Crippen LogP contribution in [0.1, 0.15) is 25.8 Å². The van der Waals surface area contributed by atoms with Gasteiger partial charge < -0.3 is 16.0 Å². The second-order valence-corrected chi connectivity index (χ2v) is 5.86. The first-order valence-electron chi connectivity index (χ1n) is 7.04. The molecule has 0 fully saturated rings. The Labute approximate surface area is 133 Å². The van der Waals surface area contributed by atoms with Crippen molar-refractivity contribution in [2.24, 2.45) is 11.7 Å². The molecular formula is C15H18ClN3O3. The Morgan fingerprint density at radius 2 is 2.14 bits per heavy atom. The lowest BCUT2D eigenvalue weighted by atomic mass is 9.96. The quantitative estimate of drug-likeness (QED) is 0.823. The molecule has 3 N–H and O–H groups in total. The molecule has 3 amide bonds. The summed E-state index contributed by atoms with van der Waals surface area (Å²) in [6.07, 6.45) is 0.654. The number of hydrogen-bond acceptors (Lipinski definition) is 3. The lowest BCUT2D eigenvalue weighted by Crippen LogP contribution is -2.52. The number of primary amides is 1. The zero-order valence-corrected chi connectivity index (χ0v) is 13.2. The van der Waals surface area contributed by atoms with Crippen LogP contribution in [0.15, 0.2) is 18.2 Å². The van der Waals surface area contributed by atoms with Crippen molar-refractivity contribution in [3.8, 4) is 0 Å². The van der Waals surface area contributed by atoms with Gasteiger partial charge in [-0.15, -0.1) is 0 Å². The van der Waals surface area contributed by atoms with Crippen molar-refractivity contribution >= 4 is 35.0 Å². The summed E-state index contributed by atoms with van der Waals surface area (Å²) in [5.74, 6) is -2.33. The van der Waals surface area contributed by atoms with Crippen LogP contribution in [0.3, 0.4) is 0 Å². The molecule has 0 saturated carbocycles. The maximum atomic E-state index is 12.3. The molecular weight excluding hydrogens is 306 g/mol. The van der Waals surface area contributed by atoms with Gasteiger partial charge in [0.15, 0.2) is 0 Å². The van der Waals surface area contributed by atoms with E-state index >= 15 is 0 Å². The number of nitrogens with two attached hydrogens (primary N) is 1. The first kappa shape index (κ1) is 16.3. The number of anilines is 1. The van der Waals surface area contributed by atoms with E-state index in [9.17, 15) is 14.4 Å². The van der Waals surface area contributed by atoms with Crippen LogP contribution in [-0.4, -0.2) is 28.7 Å². The van der Waals surface area contributed by atoms with Crippen molar-refractivity contribution in [2.75, 3.05) is 5.32 Å². The second-order valence-electron chi connectivity index (χ2n) is 5.42. The van der Waals surface area contributed by atoms with Crippen molar-refractivity contribution in [3.05, 3.63) is 28.8 Å². The third-order valence-electron chi connectivity index (χ3n) is 3.92. The molecule has 6 nitrogen and oxygen atoms in total. The van der Waals surface area contributed by atoms with Crippen LogP contribution in [-0.2, 0) is 20.9 Å². The Morgan fingerprint density at radius 1 is 1.45 bits per heavy atom. The molecule has 118 valence electrons. The molecule has 7 heteroatoms. The van der Waals surface area contributed by atoms with Crippen LogP contribution in [0, 0.1) is 5.92 Å². The highest BCUT2D eigenvalue weighted by molar-refractivity contribution is 6.40. The lowest BCUT2D eigenvalue weighted by Gasteiger charge is -2.31. The van der Waals surface area contributed by atoms with Gasteiger partial charge in [0.25, 0.3) is 0 Å². The molecule has 1 aliphatic heterocycles. The van der Waals surface area contributed by atoms with Crippen molar-refractivity contribution in [3.63, 3.8) is 0 Å². The highest BCUT2D eigenvalue weighted by Gasteiger charge is 2.37. The lowest BCUT2D eigenvalue weighted by molar-refractivity contribution is -0.148. The number of rotatable bonds is 4. The van der Waals surface area contributed by atoms with Crippen molar-refractivity contribution in [2.45, 2.75) is 32.9 Å². The number of fused-ring (bicyclic) bond motifs is 1. The van der Waals surface area contributed by atoms with E-state index in [0.717, 1.165) is 0 Å². The summed E-state index contributed by atoms with van der Waals surface area (Å²) < 4.78 is 0. The molecule has 1 aromatic rings. The summed E-state index contributed by atoms with van der Waals surface area (Å²) in [4.78, 5) is 37.4. The molecule has 1 aliphatic rings. The predicted octanol–water partition coefficient (Wildman–Crippen LogP) is 1.52. The van der Waals surface area contributed by atoms with Crippen LogP contribution >= 0.6 is 11.6 Å². The number of hydrogen-bond donors (Lipinski definition) is 2. The Bertz CT molecular complexity index is 632. The van der Waals surface area contributed by atoms with Gasteiger partial charge in [-0.1, -0.05) is 31.9 Å². The van der Waals surface area contributed by atoms with E-state index in [0.29, 0.717) is 22.7 Å². The third kappa shape index (κ3) is 3.06. The molecule has 0 bridgehead atoms. The Morgan fingerprint density at radius 3 is 2.73 bits per heavy atom. The third-order valence-corrected chi connectivity index (χ3v) is 4.16. The molecule has 1 heterocycles. The van der Waals surface area contributed by atoms with Gasteiger partial charge in [-0.2, -0.15) is 0 Å². The topological polar surface area (TPSA) is 92.5 Å². The molecule has 22 heavy (non-hydrogen) atoms. The normalized spacial score (nSPS) is 17.3. The van der Waals surface area contributed by atoms with Gasteiger partial charge >= 0.3 is 11.8 Å². The van der Waals surface area contributed by atoms with Gasteiger partial charge in [0.1, 0.15) is 6.04 Å². The largest absolute Gasteiger partial charge is 0.368 e. The average molecular weight is 324 g/mol. The fourth-order valence-corrected chi connectivity index (χ4v) is 2.76. The molecule has 0 spiro atoms. The van der Waals surface area contributed by atoms with Gasteiger partial charge in [0.2, 0.25) is 5.91 Å². The summed E-state index contributed by atoms with van der Waals surface area (Å²) in [7, 11) is 0. The van der Waals surface area contributed by atoms with Crippen LogP contribution < -0.4 is 11.1 Å². The smallest absolute Gasteiger partial charge is 0.313 e. The molecule has 0 aromatic heterocycles. The van der Waals surface area contributed by atoms with Crippen LogP contribution in [0.4, 0.5) is 5.69 Å². The fourth-order valence-electron chi connectivity index (χ4n) is 2.57. The van der Waals surface area contributed by atoms with E-state index in [1.165, 1.54) is 4.90 Å².